The molecule has 1 aromatic carbocycles. The van der Waals surface area contributed by atoms with Crippen LogP contribution in [0.5, 0.6) is 5.75 Å². The summed E-state index contributed by atoms with van der Waals surface area (Å²) in [7, 11) is 3.39. The van der Waals surface area contributed by atoms with Gasteiger partial charge in [0.2, 0.25) is 11.8 Å². The molecule has 0 bridgehead atoms. The molecule has 0 radical (unpaired) electrons. The van der Waals surface area contributed by atoms with E-state index in [4.69, 9.17) is 4.74 Å². The lowest BCUT2D eigenvalue weighted by atomic mass is 9.84. The Labute approximate surface area is 131 Å². The Kier molecular flexibility index (Phi) is 5.06. The van der Waals surface area contributed by atoms with Crippen LogP contribution in [0.25, 0.3) is 0 Å². The van der Waals surface area contributed by atoms with E-state index in [-0.39, 0.29) is 29.8 Å². The van der Waals surface area contributed by atoms with Crippen LogP contribution in [0.2, 0.25) is 0 Å². The quantitative estimate of drug-likeness (QED) is 0.927. The predicted octanol–water partition coefficient (Wildman–Crippen LogP) is 2.13. The highest BCUT2D eigenvalue weighted by Gasteiger charge is 2.38. The Bertz CT molecular complexity index is 539. The van der Waals surface area contributed by atoms with E-state index in [0.29, 0.717) is 12.8 Å². The maximum absolute atomic E-state index is 12.5. The van der Waals surface area contributed by atoms with E-state index in [1.54, 1.807) is 19.1 Å². The number of hydrogen-bond acceptors (Lipinski definition) is 3. The molecule has 0 unspecified atom stereocenters. The fourth-order valence-electron chi connectivity index (χ4n) is 2.96. The third kappa shape index (κ3) is 3.40. The third-order valence-corrected chi connectivity index (χ3v) is 4.09. The van der Waals surface area contributed by atoms with Crippen molar-refractivity contribution in [3.63, 3.8) is 0 Å². The molecule has 2 rings (SSSR count). The van der Waals surface area contributed by atoms with E-state index in [1.807, 2.05) is 38.1 Å². The number of ether oxygens (including phenoxy) is 1. The second-order valence-corrected chi connectivity index (χ2v) is 6.03. The molecule has 22 heavy (non-hydrogen) atoms. The SMILES string of the molecule is COc1ccc([C@@H]2[C@@H](C(=O)NC(C)C)CCC(=O)N2C)cc1. The highest BCUT2D eigenvalue weighted by molar-refractivity contribution is 5.85. The Morgan fingerprint density at radius 1 is 1.32 bits per heavy atom. The topological polar surface area (TPSA) is 58.6 Å². The lowest BCUT2D eigenvalue weighted by Gasteiger charge is -2.38. The second-order valence-electron chi connectivity index (χ2n) is 6.03. The largest absolute Gasteiger partial charge is 0.497 e. The zero-order chi connectivity index (χ0) is 16.3. The number of likely N-dealkylation sites (tertiary alicyclic amines) is 1. The van der Waals surface area contributed by atoms with Crippen molar-refractivity contribution in [2.75, 3.05) is 14.2 Å². The molecule has 1 fully saturated rings. The molecule has 0 saturated carbocycles. The average Bonchev–Trinajstić information content (AvgIpc) is 2.49. The zero-order valence-electron chi connectivity index (χ0n) is 13.6. The summed E-state index contributed by atoms with van der Waals surface area (Å²) in [6.07, 6.45) is 0.998. The summed E-state index contributed by atoms with van der Waals surface area (Å²) in [6.45, 7) is 3.88. The summed E-state index contributed by atoms with van der Waals surface area (Å²) in [5, 5.41) is 2.97. The van der Waals surface area contributed by atoms with Gasteiger partial charge in [-0.1, -0.05) is 12.1 Å². The van der Waals surface area contributed by atoms with Gasteiger partial charge < -0.3 is 15.0 Å². The highest BCUT2D eigenvalue weighted by atomic mass is 16.5. The molecule has 1 aliphatic heterocycles. The number of piperidine rings is 1. The summed E-state index contributed by atoms with van der Waals surface area (Å²) in [5.74, 6) is 0.625. The van der Waals surface area contributed by atoms with Crippen LogP contribution in [-0.2, 0) is 9.59 Å². The van der Waals surface area contributed by atoms with Crippen LogP contribution in [0.4, 0.5) is 0 Å². The van der Waals surface area contributed by atoms with Gasteiger partial charge in [0.15, 0.2) is 0 Å². The molecule has 1 saturated heterocycles. The van der Waals surface area contributed by atoms with Gasteiger partial charge in [-0.05, 0) is 38.0 Å². The number of amides is 2. The minimum absolute atomic E-state index is 0.00941. The monoisotopic (exact) mass is 304 g/mol. The maximum Gasteiger partial charge on any atom is 0.225 e. The molecule has 0 aliphatic carbocycles. The molecule has 0 spiro atoms. The van der Waals surface area contributed by atoms with Crippen LogP contribution >= 0.6 is 0 Å². The zero-order valence-corrected chi connectivity index (χ0v) is 13.6. The number of methoxy groups -OCH3 is 1. The molecular formula is C17H24N2O3. The van der Waals surface area contributed by atoms with Crippen molar-refractivity contribution >= 4 is 11.8 Å². The average molecular weight is 304 g/mol. The lowest BCUT2D eigenvalue weighted by molar-refractivity contribution is -0.141. The predicted molar refractivity (Wildman–Crippen MR) is 84.5 cm³/mol. The molecule has 1 heterocycles. The van der Waals surface area contributed by atoms with Crippen molar-refractivity contribution in [2.24, 2.45) is 5.92 Å². The number of benzene rings is 1. The summed E-state index contributed by atoms with van der Waals surface area (Å²) in [4.78, 5) is 26.2. The van der Waals surface area contributed by atoms with E-state index >= 15 is 0 Å². The minimum atomic E-state index is -0.231. The molecule has 1 N–H and O–H groups in total. The van der Waals surface area contributed by atoms with Crippen LogP contribution in [0, 0.1) is 5.92 Å². The van der Waals surface area contributed by atoms with E-state index in [2.05, 4.69) is 5.32 Å². The summed E-state index contributed by atoms with van der Waals surface area (Å²) in [5.41, 5.74) is 0.959. The molecule has 5 heteroatoms. The Hall–Kier alpha value is -2.04. The van der Waals surface area contributed by atoms with Crippen molar-refractivity contribution in [1.82, 2.24) is 10.2 Å². The van der Waals surface area contributed by atoms with Gasteiger partial charge in [-0.2, -0.15) is 0 Å². The normalized spacial score (nSPS) is 21.9. The van der Waals surface area contributed by atoms with Gasteiger partial charge in [0.1, 0.15) is 5.75 Å². The molecule has 5 nitrogen and oxygen atoms in total. The minimum Gasteiger partial charge on any atom is -0.497 e. The molecular weight excluding hydrogens is 280 g/mol. The Morgan fingerprint density at radius 2 is 1.95 bits per heavy atom. The first-order valence-corrected chi connectivity index (χ1v) is 7.64. The van der Waals surface area contributed by atoms with Gasteiger partial charge in [-0.15, -0.1) is 0 Å². The smallest absolute Gasteiger partial charge is 0.225 e. The summed E-state index contributed by atoms with van der Waals surface area (Å²) >= 11 is 0. The van der Waals surface area contributed by atoms with Crippen molar-refractivity contribution in [1.29, 1.82) is 0 Å². The molecule has 1 aromatic rings. The number of nitrogens with zero attached hydrogens (tertiary/aromatic N) is 1. The maximum atomic E-state index is 12.5. The Balaban J connectivity index is 2.30. The first kappa shape index (κ1) is 16.3. The number of carbonyl (C=O) groups excluding carboxylic acids is 2. The van der Waals surface area contributed by atoms with Crippen molar-refractivity contribution in [2.45, 2.75) is 38.8 Å². The van der Waals surface area contributed by atoms with E-state index in [0.717, 1.165) is 11.3 Å². The van der Waals surface area contributed by atoms with Gasteiger partial charge in [-0.25, -0.2) is 0 Å². The van der Waals surface area contributed by atoms with Crippen LogP contribution in [-0.4, -0.2) is 36.9 Å². The van der Waals surface area contributed by atoms with Gasteiger partial charge in [-0.3, -0.25) is 9.59 Å². The number of hydrogen-bond donors (Lipinski definition) is 1. The van der Waals surface area contributed by atoms with Gasteiger partial charge in [0, 0.05) is 19.5 Å². The lowest BCUT2D eigenvalue weighted by Crippen LogP contribution is -2.47. The summed E-state index contributed by atoms with van der Waals surface area (Å²) < 4.78 is 5.17. The molecule has 1 aliphatic rings. The summed E-state index contributed by atoms with van der Waals surface area (Å²) in [6, 6.07) is 7.43. The first-order chi connectivity index (χ1) is 10.4. The van der Waals surface area contributed by atoms with Crippen LogP contribution in [0.1, 0.15) is 38.3 Å². The number of nitrogens with one attached hydrogen (secondary N) is 1. The van der Waals surface area contributed by atoms with E-state index in [1.165, 1.54) is 0 Å². The molecule has 0 aromatic heterocycles. The third-order valence-electron chi connectivity index (χ3n) is 4.09. The fraction of sp³-hybridized carbons (Fsp3) is 0.529. The van der Waals surface area contributed by atoms with Crippen molar-refractivity contribution in [3.8, 4) is 5.75 Å². The van der Waals surface area contributed by atoms with Crippen molar-refractivity contribution in [3.05, 3.63) is 29.8 Å². The highest BCUT2D eigenvalue weighted by Crippen LogP contribution is 2.36. The van der Waals surface area contributed by atoms with Crippen LogP contribution in [0.15, 0.2) is 24.3 Å². The Morgan fingerprint density at radius 3 is 2.50 bits per heavy atom. The standard InChI is InChI=1S/C17H24N2O3/c1-11(2)18-17(21)14-9-10-15(20)19(3)16(14)12-5-7-13(22-4)8-6-12/h5-8,11,14,16H,9-10H2,1-4H3,(H,18,21)/t14-,16+/m0/s1. The number of rotatable bonds is 4. The van der Waals surface area contributed by atoms with Gasteiger partial charge >= 0.3 is 0 Å². The molecule has 120 valence electrons. The van der Waals surface area contributed by atoms with Gasteiger partial charge in [0.05, 0.1) is 19.1 Å². The fourth-order valence-corrected chi connectivity index (χ4v) is 2.96. The van der Waals surface area contributed by atoms with Gasteiger partial charge in [0.25, 0.3) is 0 Å². The van der Waals surface area contributed by atoms with Crippen LogP contribution in [0.3, 0.4) is 0 Å². The second kappa shape index (κ2) is 6.81. The molecule has 2 atom stereocenters. The van der Waals surface area contributed by atoms with Crippen molar-refractivity contribution < 1.29 is 14.3 Å². The van der Waals surface area contributed by atoms with Crippen LogP contribution < -0.4 is 10.1 Å². The van der Waals surface area contributed by atoms with E-state index in [9.17, 15) is 9.59 Å². The van der Waals surface area contributed by atoms with E-state index < -0.39 is 0 Å². The number of carbonyl (C=O) groups is 2. The first-order valence-electron chi connectivity index (χ1n) is 7.64. The molecule has 2 amide bonds.